The molecule has 0 aromatic rings. The second kappa shape index (κ2) is 3.22. The van der Waals surface area contributed by atoms with Crippen LogP contribution in [-0.4, -0.2) is 18.5 Å². The molecular weight excluding hydrogens is 140 g/mol. The number of rotatable bonds is 2. The standard InChI is InChI=1S/C8H16N2O/c1-10-8(7(9)11)5-3-2-4-6-8/h10H,2-6H2,1H3,(H2,9,11). The smallest absolute Gasteiger partial charge is 0.237 e. The molecule has 3 nitrogen and oxygen atoms in total. The fraction of sp³-hybridized carbons (Fsp3) is 0.875. The van der Waals surface area contributed by atoms with Gasteiger partial charge in [0.05, 0.1) is 5.54 Å². The Hall–Kier alpha value is -0.570. The third-order valence-electron chi connectivity index (χ3n) is 2.66. The van der Waals surface area contributed by atoms with Crippen molar-refractivity contribution in [3.05, 3.63) is 0 Å². The van der Waals surface area contributed by atoms with E-state index in [1.807, 2.05) is 7.05 Å². The molecule has 0 aromatic carbocycles. The van der Waals surface area contributed by atoms with Gasteiger partial charge in [-0.05, 0) is 19.9 Å². The first kappa shape index (κ1) is 8.53. The van der Waals surface area contributed by atoms with Crippen LogP contribution in [0.3, 0.4) is 0 Å². The van der Waals surface area contributed by atoms with Gasteiger partial charge in [-0.25, -0.2) is 0 Å². The fourth-order valence-corrected chi connectivity index (χ4v) is 1.77. The van der Waals surface area contributed by atoms with Gasteiger partial charge in [0.25, 0.3) is 0 Å². The van der Waals surface area contributed by atoms with Crippen LogP contribution in [0.15, 0.2) is 0 Å². The summed E-state index contributed by atoms with van der Waals surface area (Å²) in [5, 5.41) is 3.04. The Labute approximate surface area is 67.3 Å². The number of primary amides is 1. The molecule has 1 aliphatic rings. The van der Waals surface area contributed by atoms with Crippen molar-refractivity contribution in [2.45, 2.75) is 37.6 Å². The number of carbonyl (C=O) groups excluding carboxylic acids is 1. The predicted octanol–water partition coefficient (Wildman–Crippen LogP) is 0.394. The van der Waals surface area contributed by atoms with Crippen LogP contribution in [0.5, 0.6) is 0 Å². The van der Waals surface area contributed by atoms with Crippen molar-refractivity contribution < 1.29 is 4.79 Å². The van der Waals surface area contributed by atoms with Crippen LogP contribution < -0.4 is 11.1 Å². The Kier molecular flexibility index (Phi) is 2.49. The Morgan fingerprint density at radius 3 is 2.18 bits per heavy atom. The molecule has 64 valence electrons. The van der Waals surface area contributed by atoms with Crippen LogP contribution >= 0.6 is 0 Å². The van der Waals surface area contributed by atoms with E-state index in [0.29, 0.717) is 0 Å². The van der Waals surface area contributed by atoms with Crippen molar-refractivity contribution in [2.75, 3.05) is 7.05 Å². The fourth-order valence-electron chi connectivity index (χ4n) is 1.77. The zero-order valence-electron chi connectivity index (χ0n) is 7.02. The maximum Gasteiger partial charge on any atom is 0.237 e. The summed E-state index contributed by atoms with van der Waals surface area (Å²) in [6.45, 7) is 0. The predicted molar refractivity (Wildman–Crippen MR) is 44.1 cm³/mol. The molecule has 0 heterocycles. The van der Waals surface area contributed by atoms with E-state index < -0.39 is 5.54 Å². The summed E-state index contributed by atoms with van der Waals surface area (Å²) >= 11 is 0. The summed E-state index contributed by atoms with van der Waals surface area (Å²) in [4.78, 5) is 11.1. The lowest BCUT2D eigenvalue weighted by Gasteiger charge is -2.33. The van der Waals surface area contributed by atoms with Crippen LogP contribution in [0.1, 0.15) is 32.1 Å². The molecule has 0 aliphatic heterocycles. The minimum atomic E-state index is -0.391. The number of hydrogen-bond acceptors (Lipinski definition) is 2. The van der Waals surface area contributed by atoms with Crippen molar-refractivity contribution in [1.29, 1.82) is 0 Å². The molecular formula is C8H16N2O. The zero-order chi connectivity index (χ0) is 8.32. The van der Waals surface area contributed by atoms with Gasteiger partial charge in [-0.15, -0.1) is 0 Å². The molecule has 0 unspecified atom stereocenters. The Bertz CT molecular complexity index is 150. The van der Waals surface area contributed by atoms with Gasteiger partial charge in [0.15, 0.2) is 0 Å². The van der Waals surface area contributed by atoms with Crippen molar-refractivity contribution in [2.24, 2.45) is 5.73 Å². The minimum absolute atomic E-state index is 0.195. The first-order valence-electron chi connectivity index (χ1n) is 4.20. The van der Waals surface area contributed by atoms with Crippen molar-refractivity contribution in [3.8, 4) is 0 Å². The van der Waals surface area contributed by atoms with Crippen LogP contribution in [0, 0.1) is 0 Å². The largest absolute Gasteiger partial charge is 0.368 e. The lowest BCUT2D eigenvalue weighted by atomic mass is 9.81. The van der Waals surface area contributed by atoms with Crippen molar-refractivity contribution in [1.82, 2.24) is 5.32 Å². The van der Waals surface area contributed by atoms with E-state index in [1.54, 1.807) is 0 Å². The lowest BCUT2D eigenvalue weighted by molar-refractivity contribution is -0.125. The van der Waals surface area contributed by atoms with Gasteiger partial charge in [0.1, 0.15) is 0 Å². The molecule has 0 bridgehead atoms. The molecule has 1 amide bonds. The maximum atomic E-state index is 11.1. The molecule has 1 rings (SSSR count). The minimum Gasteiger partial charge on any atom is -0.368 e. The quantitative estimate of drug-likeness (QED) is 0.608. The Morgan fingerprint density at radius 1 is 1.36 bits per heavy atom. The van der Waals surface area contributed by atoms with Crippen molar-refractivity contribution in [3.63, 3.8) is 0 Å². The molecule has 0 saturated heterocycles. The number of hydrogen-bond donors (Lipinski definition) is 2. The highest BCUT2D eigenvalue weighted by molar-refractivity contribution is 5.84. The number of nitrogens with one attached hydrogen (secondary N) is 1. The summed E-state index contributed by atoms with van der Waals surface area (Å²) in [6.07, 6.45) is 5.27. The second-order valence-corrected chi connectivity index (χ2v) is 3.26. The highest BCUT2D eigenvalue weighted by atomic mass is 16.1. The van der Waals surface area contributed by atoms with Crippen LogP contribution in [0.2, 0.25) is 0 Å². The normalized spacial score (nSPS) is 23.0. The van der Waals surface area contributed by atoms with Gasteiger partial charge in [-0.2, -0.15) is 0 Å². The number of likely N-dealkylation sites (N-methyl/N-ethyl adjacent to an activating group) is 1. The van der Waals surface area contributed by atoms with Gasteiger partial charge in [0, 0.05) is 0 Å². The van der Waals surface area contributed by atoms with Gasteiger partial charge >= 0.3 is 0 Å². The topological polar surface area (TPSA) is 55.1 Å². The molecule has 0 aromatic heterocycles. The molecule has 3 heteroatoms. The Morgan fingerprint density at radius 2 is 1.91 bits per heavy atom. The van der Waals surface area contributed by atoms with E-state index in [2.05, 4.69) is 5.32 Å². The maximum absolute atomic E-state index is 11.1. The average molecular weight is 156 g/mol. The van der Waals surface area contributed by atoms with Gasteiger partial charge < -0.3 is 11.1 Å². The molecule has 11 heavy (non-hydrogen) atoms. The first-order valence-corrected chi connectivity index (χ1v) is 4.20. The number of carbonyl (C=O) groups is 1. The number of amides is 1. The van der Waals surface area contributed by atoms with Crippen LogP contribution in [0.4, 0.5) is 0 Å². The summed E-state index contributed by atoms with van der Waals surface area (Å²) in [5.41, 5.74) is 4.92. The zero-order valence-corrected chi connectivity index (χ0v) is 7.02. The van der Waals surface area contributed by atoms with E-state index in [-0.39, 0.29) is 5.91 Å². The van der Waals surface area contributed by atoms with Gasteiger partial charge in [-0.3, -0.25) is 4.79 Å². The molecule has 0 spiro atoms. The van der Waals surface area contributed by atoms with Gasteiger partial charge in [-0.1, -0.05) is 19.3 Å². The highest BCUT2D eigenvalue weighted by Gasteiger charge is 2.35. The molecule has 0 radical (unpaired) electrons. The Balaban J connectivity index is 2.64. The SMILES string of the molecule is CNC1(C(N)=O)CCCCC1. The average Bonchev–Trinajstić information content (AvgIpc) is 2.05. The van der Waals surface area contributed by atoms with E-state index in [9.17, 15) is 4.79 Å². The van der Waals surface area contributed by atoms with E-state index in [1.165, 1.54) is 6.42 Å². The summed E-state index contributed by atoms with van der Waals surface area (Å²) in [6, 6.07) is 0. The van der Waals surface area contributed by atoms with E-state index >= 15 is 0 Å². The molecule has 1 saturated carbocycles. The second-order valence-electron chi connectivity index (χ2n) is 3.26. The van der Waals surface area contributed by atoms with E-state index in [0.717, 1.165) is 25.7 Å². The molecule has 0 atom stereocenters. The lowest BCUT2D eigenvalue weighted by Crippen LogP contribution is -2.54. The van der Waals surface area contributed by atoms with Crippen LogP contribution in [0.25, 0.3) is 0 Å². The molecule has 3 N–H and O–H groups in total. The monoisotopic (exact) mass is 156 g/mol. The van der Waals surface area contributed by atoms with Crippen LogP contribution in [-0.2, 0) is 4.79 Å². The summed E-state index contributed by atoms with van der Waals surface area (Å²) in [7, 11) is 1.82. The van der Waals surface area contributed by atoms with E-state index in [4.69, 9.17) is 5.73 Å². The highest BCUT2D eigenvalue weighted by Crippen LogP contribution is 2.27. The first-order chi connectivity index (χ1) is 5.21. The van der Waals surface area contributed by atoms with Gasteiger partial charge in [0.2, 0.25) is 5.91 Å². The third-order valence-corrected chi connectivity index (χ3v) is 2.66. The molecule has 1 aliphatic carbocycles. The molecule has 1 fully saturated rings. The summed E-state index contributed by atoms with van der Waals surface area (Å²) < 4.78 is 0. The number of nitrogens with two attached hydrogens (primary N) is 1. The van der Waals surface area contributed by atoms with Crippen molar-refractivity contribution >= 4 is 5.91 Å². The summed E-state index contributed by atoms with van der Waals surface area (Å²) in [5.74, 6) is -0.195. The third kappa shape index (κ3) is 1.53.